The van der Waals surface area contributed by atoms with E-state index in [0.717, 1.165) is 24.9 Å². The van der Waals surface area contributed by atoms with Gasteiger partial charge >= 0.3 is 11.9 Å². The number of hydrogen-bond acceptors (Lipinski definition) is 6. The Hall–Kier alpha value is -2.89. The summed E-state index contributed by atoms with van der Waals surface area (Å²) in [5.74, 6) is -0.451. The summed E-state index contributed by atoms with van der Waals surface area (Å²) < 4.78 is 15.6. The summed E-state index contributed by atoms with van der Waals surface area (Å²) in [6, 6.07) is 6.82. The summed E-state index contributed by atoms with van der Waals surface area (Å²) >= 11 is 0. The second kappa shape index (κ2) is 11.6. The van der Waals surface area contributed by atoms with E-state index in [1.807, 2.05) is 0 Å². The minimum atomic E-state index is -0.568. The zero-order chi connectivity index (χ0) is 18.5. The first kappa shape index (κ1) is 20.2. The molecule has 0 aliphatic heterocycles. The van der Waals surface area contributed by atoms with Crippen molar-refractivity contribution in [3.8, 4) is 5.75 Å². The Balaban J connectivity index is 2.32. The van der Waals surface area contributed by atoms with E-state index in [2.05, 4.69) is 13.2 Å². The van der Waals surface area contributed by atoms with Gasteiger partial charge in [0.25, 0.3) is 0 Å². The number of carbonyl (C=O) groups is 3. The topological polar surface area (TPSA) is 78.9 Å². The summed E-state index contributed by atoms with van der Waals surface area (Å²) in [6.07, 6.45) is 4.32. The Morgan fingerprint density at radius 2 is 1.72 bits per heavy atom. The minimum absolute atomic E-state index is 0.0293. The maximum absolute atomic E-state index is 11.3. The van der Waals surface area contributed by atoms with Crippen molar-refractivity contribution < 1.29 is 28.6 Å². The Bertz CT molecular complexity index is 590. The Kier molecular flexibility index (Phi) is 9.36. The molecule has 6 nitrogen and oxygen atoms in total. The van der Waals surface area contributed by atoms with E-state index in [1.54, 1.807) is 24.3 Å². The molecule has 25 heavy (non-hydrogen) atoms. The van der Waals surface area contributed by atoms with Gasteiger partial charge in [0.05, 0.1) is 6.61 Å². The average molecular weight is 346 g/mol. The van der Waals surface area contributed by atoms with Crippen LogP contribution in [0, 0.1) is 0 Å². The van der Waals surface area contributed by atoms with Crippen LogP contribution in [0.25, 0.3) is 0 Å². The van der Waals surface area contributed by atoms with E-state index in [1.165, 1.54) is 0 Å². The molecule has 0 N–H and O–H groups in total. The van der Waals surface area contributed by atoms with Crippen LogP contribution in [0.1, 0.15) is 29.6 Å². The van der Waals surface area contributed by atoms with Crippen LogP contribution in [0.4, 0.5) is 0 Å². The monoisotopic (exact) mass is 346 g/mol. The molecule has 0 spiro atoms. The average Bonchev–Trinajstić information content (AvgIpc) is 2.65. The number of unbranched alkanes of at least 4 members (excludes halogenated alkanes) is 1. The first-order chi connectivity index (χ1) is 12.1. The molecular formula is C19H22O6. The van der Waals surface area contributed by atoms with Gasteiger partial charge in [-0.25, -0.2) is 9.59 Å². The van der Waals surface area contributed by atoms with Crippen LogP contribution in [0.3, 0.4) is 0 Å². The van der Waals surface area contributed by atoms with Crippen molar-refractivity contribution in [1.82, 2.24) is 0 Å². The molecule has 0 aliphatic carbocycles. The summed E-state index contributed by atoms with van der Waals surface area (Å²) in [5, 5.41) is 0. The molecule has 0 bridgehead atoms. The van der Waals surface area contributed by atoms with E-state index < -0.39 is 18.0 Å². The molecule has 1 rings (SSSR count). The quantitative estimate of drug-likeness (QED) is 0.251. The molecule has 1 aromatic carbocycles. The van der Waals surface area contributed by atoms with Gasteiger partial charge in [0.1, 0.15) is 24.7 Å². The highest BCUT2D eigenvalue weighted by Gasteiger charge is 2.14. The van der Waals surface area contributed by atoms with E-state index in [0.29, 0.717) is 30.8 Å². The molecule has 0 radical (unpaired) electrons. The molecule has 1 aromatic rings. The predicted molar refractivity (Wildman–Crippen MR) is 92.4 cm³/mol. The maximum atomic E-state index is 11.3. The fraction of sp³-hybridized carbons (Fsp3) is 0.316. The van der Waals surface area contributed by atoms with Crippen LogP contribution in [0.5, 0.6) is 5.75 Å². The number of aldehydes is 1. The van der Waals surface area contributed by atoms with Gasteiger partial charge in [-0.15, -0.1) is 0 Å². The number of carbonyl (C=O) groups excluding carboxylic acids is 3. The van der Waals surface area contributed by atoms with E-state index in [-0.39, 0.29) is 6.61 Å². The normalized spacial score (nSPS) is 11.0. The zero-order valence-corrected chi connectivity index (χ0v) is 14.0. The second-order valence-electron chi connectivity index (χ2n) is 5.13. The lowest BCUT2D eigenvalue weighted by Gasteiger charge is -2.16. The SMILES string of the molecule is C=CC(=O)OCC(CCCCOc1ccc(C=O)cc1)OC(=O)C=C. The van der Waals surface area contributed by atoms with Crippen LogP contribution in [0.15, 0.2) is 49.6 Å². The van der Waals surface area contributed by atoms with Crippen LogP contribution in [-0.4, -0.2) is 37.5 Å². The third kappa shape index (κ3) is 8.50. The fourth-order valence-electron chi connectivity index (χ4n) is 1.93. The predicted octanol–water partition coefficient (Wildman–Crippen LogP) is 2.88. The molecule has 0 aromatic heterocycles. The van der Waals surface area contributed by atoms with Crippen LogP contribution < -0.4 is 4.74 Å². The highest BCUT2D eigenvalue weighted by Crippen LogP contribution is 2.13. The lowest BCUT2D eigenvalue weighted by atomic mass is 10.1. The molecular weight excluding hydrogens is 324 g/mol. The van der Waals surface area contributed by atoms with Crippen molar-refractivity contribution in [1.29, 1.82) is 0 Å². The lowest BCUT2D eigenvalue weighted by Crippen LogP contribution is -2.24. The summed E-state index contributed by atoms with van der Waals surface area (Å²) in [7, 11) is 0. The third-order valence-corrected chi connectivity index (χ3v) is 3.23. The van der Waals surface area contributed by atoms with E-state index in [4.69, 9.17) is 14.2 Å². The number of rotatable bonds is 12. The van der Waals surface area contributed by atoms with Crippen molar-refractivity contribution in [3.63, 3.8) is 0 Å². The van der Waals surface area contributed by atoms with Gasteiger partial charge < -0.3 is 14.2 Å². The fourth-order valence-corrected chi connectivity index (χ4v) is 1.93. The van der Waals surface area contributed by atoms with Crippen molar-refractivity contribution in [2.45, 2.75) is 25.4 Å². The Labute approximate surface area is 147 Å². The summed E-state index contributed by atoms with van der Waals surface area (Å²) in [4.78, 5) is 33.0. The van der Waals surface area contributed by atoms with Gasteiger partial charge in [0.15, 0.2) is 0 Å². The smallest absolute Gasteiger partial charge is 0.330 e. The summed E-state index contributed by atoms with van der Waals surface area (Å²) in [5.41, 5.74) is 0.591. The van der Waals surface area contributed by atoms with Gasteiger partial charge in [-0.2, -0.15) is 0 Å². The van der Waals surface area contributed by atoms with E-state index >= 15 is 0 Å². The molecule has 134 valence electrons. The first-order valence-corrected chi connectivity index (χ1v) is 7.89. The second-order valence-corrected chi connectivity index (χ2v) is 5.13. The standard InChI is InChI=1S/C19H22O6/c1-3-18(21)24-14-17(25-19(22)4-2)7-5-6-12-23-16-10-8-15(13-20)9-11-16/h3-4,8-11,13,17H,1-2,5-7,12,14H2. The van der Waals surface area contributed by atoms with Gasteiger partial charge in [-0.1, -0.05) is 13.2 Å². The van der Waals surface area contributed by atoms with Crippen molar-refractivity contribution in [2.75, 3.05) is 13.2 Å². The third-order valence-electron chi connectivity index (χ3n) is 3.23. The van der Waals surface area contributed by atoms with Gasteiger partial charge in [-0.3, -0.25) is 4.79 Å². The van der Waals surface area contributed by atoms with Gasteiger partial charge in [0.2, 0.25) is 0 Å². The molecule has 0 heterocycles. The van der Waals surface area contributed by atoms with Crippen LogP contribution in [0.2, 0.25) is 0 Å². The highest BCUT2D eigenvalue weighted by atomic mass is 16.6. The van der Waals surface area contributed by atoms with Crippen molar-refractivity contribution in [2.24, 2.45) is 0 Å². The lowest BCUT2D eigenvalue weighted by molar-refractivity contribution is -0.153. The van der Waals surface area contributed by atoms with Gasteiger partial charge in [0, 0.05) is 17.7 Å². The molecule has 0 amide bonds. The number of hydrogen-bond donors (Lipinski definition) is 0. The highest BCUT2D eigenvalue weighted by molar-refractivity contribution is 5.82. The zero-order valence-electron chi connectivity index (χ0n) is 14.0. The molecule has 0 saturated heterocycles. The van der Waals surface area contributed by atoms with E-state index in [9.17, 15) is 14.4 Å². The van der Waals surface area contributed by atoms with Crippen LogP contribution in [-0.2, 0) is 19.1 Å². The number of benzene rings is 1. The molecule has 0 fully saturated rings. The minimum Gasteiger partial charge on any atom is -0.494 e. The van der Waals surface area contributed by atoms with Crippen LogP contribution >= 0.6 is 0 Å². The Morgan fingerprint density at radius 1 is 1.04 bits per heavy atom. The molecule has 1 atom stereocenters. The molecule has 0 saturated carbocycles. The maximum Gasteiger partial charge on any atom is 0.330 e. The number of esters is 2. The van der Waals surface area contributed by atoms with Gasteiger partial charge in [-0.05, 0) is 43.5 Å². The molecule has 6 heteroatoms. The number of ether oxygens (including phenoxy) is 3. The molecule has 0 aliphatic rings. The largest absolute Gasteiger partial charge is 0.494 e. The first-order valence-electron chi connectivity index (χ1n) is 7.89. The molecule has 1 unspecified atom stereocenters. The van der Waals surface area contributed by atoms with Crippen molar-refractivity contribution in [3.05, 3.63) is 55.1 Å². The Morgan fingerprint density at radius 3 is 2.32 bits per heavy atom. The summed E-state index contributed by atoms with van der Waals surface area (Å²) in [6.45, 7) is 7.10. The van der Waals surface area contributed by atoms with Crippen molar-refractivity contribution >= 4 is 18.2 Å².